The molecule has 2 unspecified atom stereocenters. The third kappa shape index (κ3) is 5.92. The number of ether oxygens (including phenoxy) is 2. The number of benzene rings is 3. The van der Waals surface area contributed by atoms with Crippen LogP contribution in [0.15, 0.2) is 72.8 Å². The molecule has 33 heavy (non-hydrogen) atoms. The maximum Gasteiger partial charge on any atom is 0.122 e. The number of piperidine rings is 1. The van der Waals surface area contributed by atoms with Gasteiger partial charge in [-0.2, -0.15) is 0 Å². The summed E-state index contributed by atoms with van der Waals surface area (Å²) in [4.78, 5) is 2.40. The van der Waals surface area contributed by atoms with Gasteiger partial charge in [0.05, 0.1) is 23.3 Å². The van der Waals surface area contributed by atoms with Crippen LogP contribution in [-0.2, 0) is 28.3 Å². The third-order valence-corrected chi connectivity index (χ3v) is 7.29. The summed E-state index contributed by atoms with van der Waals surface area (Å²) in [5, 5.41) is 1.77. The van der Waals surface area contributed by atoms with Gasteiger partial charge in [-0.15, -0.1) is 0 Å². The van der Waals surface area contributed by atoms with E-state index in [0.29, 0.717) is 28.3 Å². The monoisotopic (exact) mass is 503 g/mol. The number of rotatable bonds is 8. The Hall–Kier alpha value is -1.59. The lowest BCUT2D eigenvalue weighted by molar-refractivity contribution is -0.193. The second-order valence-corrected chi connectivity index (χ2v) is 9.61. The summed E-state index contributed by atoms with van der Waals surface area (Å²) < 4.78 is 13.4. The van der Waals surface area contributed by atoms with Crippen molar-refractivity contribution in [3.8, 4) is 0 Å². The highest BCUT2D eigenvalue weighted by atomic mass is 35.5. The first kappa shape index (κ1) is 24.5. The normalized spacial score (nSPS) is 21.3. The predicted molar refractivity (Wildman–Crippen MR) is 136 cm³/mol. The minimum absolute atomic E-state index is 0.175. The van der Waals surface area contributed by atoms with Gasteiger partial charge >= 0.3 is 0 Å². The summed E-state index contributed by atoms with van der Waals surface area (Å²) in [5.74, 6) is 0. The van der Waals surface area contributed by atoms with E-state index in [0.717, 1.165) is 42.7 Å². The molecule has 4 rings (SSSR count). The van der Waals surface area contributed by atoms with E-state index in [-0.39, 0.29) is 6.10 Å². The fourth-order valence-corrected chi connectivity index (χ4v) is 4.80. The van der Waals surface area contributed by atoms with Crippen LogP contribution in [-0.4, -0.2) is 30.6 Å². The number of halogens is 3. The van der Waals surface area contributed by atoms with Crippen LogP contribution in [0, 0.1) is 0 Å². The smallest absolute Gasteiger partial charge is 0.122 e. The highest BCUT2D eigenvalue weighted by Crippen LogP contribution is 2.40. The SMILES string of the molecule is CCN1CCC(OCc2ccccc2)(c2ccc(Cl)cc2)C(OCc2ccc(Cl)c(Cl)c2)C1. The first-order valence-electron chi connectivity index (χ1n) is 11.2. The van der Waals surface area contributed by atoms with E-state index >= 15 is 0 Å². The van der Waals surface area contributed by atoms with Crippen molar-refractivity contribution >= 4 is 34.8 Å². The van der Waals surface area contributed by atoms with Gasteiger partial charge in [0.2, 0.25) is 0 Å². The first-order chi connectivity index (χ1) is 16.0. The average Bonchev–Trinajstić information content (AvgIpc) is 2.85. The Labute approximate surface area is 211 Å². The Morgan fingerprint density at radius 3 is 2.33 bits per heavy atom. The Morgan fingerprint density at radius 2 is 1.64 bits per heavy atom. The molecule has 1 aliphatic heterocycles. The summed E-state index contributed by atoms with van der Waals surface area (Å²) in [6.45, 7) is 5.76. The van der Waals surface area contributed by atoms with Crippen molar-refractivity contribution in [3.05, 3.63) is 105 Å². The lowest BCUT2D eigenvalue weighted by Gasteiger charge is -2.47. The van der Waals surface area contributed by atoms with Gasteiger partial charge in [0.1, 0.15) is 11.7 Å². The van der Waals surface area contributed by atoms with E-state index in [1.54, 1.807) is 6.07 Å². The largest absolute Gasteiger partial charge is 0.369 e. The molecule has 1 aliphatic rings. The summed E-state index contributed by atoms with van der Waals surface area (Å²) in [7, 11) is 0. The van der Waals surface area contributed by atoms with E-state index in [9.17, 15) is 0 Å². The molecule has 1 fully saturated rings. The molecule has 0 bridgehead atoms. The zero-order chi connectivity index (χ0) is 23.3. The molecule has 3 nitrogen and oxygen atoms in total. The number of likely N-dealkylation sites (N-methyl/N-ethyl adjacent to an activating group) is 1. The second-order valence-electron chi connectivity index (χ2n) is 8.36. The summed E-state index contributed by atoms with van der Waals surface area (Å²) in [6.07, 6.45) is 0.645. The van der Waals surface area contributed by atoms with Crippen LogP contribution in [0.25, 0.3) is 0 Å². The number of likely N-dealkylation sites (tertiary alicyclic amines) is 1. The zero-order valence-electron chi connectivity index (χ0n) is 18.6. The molecule has 3 aromatic rings. The van der Waals surface area contributed by atoms with Crippen molar-refractivity contribution in [1.82, 2.24) is 4.90 Å². The van der Waals surface area contributed by atoms with Crippen LogP contribution in [0.4, 0.5) is 0 Å². The molecular formula is C27H28Cl3NO2. The van der Waals surface area contributed by atoms with E-state index in [4.69, 9.17) is 44.3 Å². The van der Waals surface area contributed by atoms with E-state index in [2.05, 4.69) is 36.1 Å². The van der Waals surface area contributed by atoms with Gasteiger partial charge in [-0.3, -0.25) is 0 Å². The summed E-state index contributed by atoms with van der Waals surface area (Å²) >= 11 is 18.5. The topological polar surface area (TPSA) is 21.7 Å². The molecule has 1 heterocycles. The van der Waals surface area contributed by atoms with Gasteiger partial charge in [0.15, 0.2) is 0 Å². The van der Waals surface area contributed by atoms with Gasteiger partial charge < -0.3 is 14.4 Å². The average molecular weight is 505 g/mol. The van der Waals surface area contributed by atoms with E-state index in [1.165, 1.54) is 0 Å². The quantitative estimate of drug-likeness (QED) is 0.320. The second kappa shape index (κ2) is 11.2. The Morgan fingerprint density at radius 1 is 0.879 bits per heavy atom. The van der Waals surface area contributed by atoms with Crippen molar-refractivity contribution in [2.75, 3.05) is 19.6 Å². The molecule has 3 aromatic carbocycles. The van der Waals surface area contributed by atoms with Crippen molar-refractivity contribution in [2.24, 2.45) is 0 Å². The van der Waals surface area contributed by atoms with Crippen molar-refractivity contribution < 1.29 is 9.47 Å². The highest BCUT2D eigenvalue weighted by Gasteiger charge is 2.46. The molecule has 6 heteroatoms. The molecule has 0 N–H and O–H groups in total. The van der Waals surface area contributed by atoms with Crippen molar-refractivity contribution in [3.63, 3.8) is 0 Å². The highest BCUT2D eigenvalue weighted by molar-refractivity contribution is 6.42. The molecule has 0 radical (unpaired) electrons. The fourth-order valence-electron chi connectivity index (χ4n) is 4.36. The van der Waals surface area contributed by atoms with Gasteiger partial charge in [-0.1, -0.05) is 90.3 Å². The lowest BCUT2D eigenvalue weighted by atomic mass is 9.81. The van der Waals surface area contributed by atoms with Crippen LogP contribution < -0.4 is 0 Å². The number of nitrogens with zero attached hydrogens (tertiary/aromatic N) is 1. The van der Waals surface area contributed by atoms with Crippen LogP contribution in [0.1, 0.15) is 30.0 Å². The molecule has 0 aromatic heterocycles. The Balaban J connectivity index is 1.65. The minimum atomic E-state index is -0.595. The van der Waals surface area contributed by atoms with Crippen LogP contribution in [0.5, 0.6) is 0 Å². The van der Waals surface area contributed by atoms with Crippen LogP contribution in [0.2, 0.25) is 15.1 Å². The molecule has 0 spiro atoms. The van der Waals surface area contributed by atoms with Gasteiger partial charge in [0, 0.05) is 18.1 Å². The number of hydrogen-bond acceptors (Lipinski definition) is 3. The Bertz CT molecular complexity index is 1040. The first-order valence-corrected chi connectivity index (χ1v) is 12.4. The van der Waals surface area contributed by atoms with E-state index < -0.39 is 5.60 Å². The Kier molecular flexibility index (Phi) is 8.34. The van der Waals surface area contributed by atoms with Crippen molar-refractivity contribution in [1.29, 1.82) is 0 Å². The zero-order valence-corrected chi connectivity index (χ0v) is 20.9. The standard InChI is InChI=1S/C27H28Cl3NO2/c1-2-31-15-14-27(22-9-11-23(28)12-10-22,33-19-20-6-4-3-5-7-20)26(17-31)32-18-21-8-13-24(29)25(30)16-21/h3-13,16,26H,2,14-15,17-19H2,1H3. The van der Waals surface area contributed by atoms with Crippen molar-refractivity contribution in [2.45, 2.75) is 38.3 Å². The fraction of sp³-hybridized carbons (Fsp3) is 0.333. The summed E-state index contributed by atoms with van der Waals surface area (Å²) in [5.41, 5.74) is 2.60. The maximum atomic E-state index is 6.78. The molecule has 0 amide bonds. The van der Waals surface area contributed by atoms with E-state index in [1.807, 2.05) is 42.5 Å². The van der Waals surface area contributed by atoms with Crippen LogP contribution >= 0.6 is 34.8 Å². The molecular weight excluding hydrogens is 477 g/mol. The number of hydrogen-bond donors (Lipinski definition) is 0. The predicted octanol–water partition coefficient (Wildman–Crippen LogP) is 7.37. The molecule has 0 saturated carbocycles. The third-order valence-electron chi connectivity index (χ3n) is 6.30. The van der Waals surface area contributed by atoms with Gasteiger partial charge in [-0.25, -0.2) is 0 Å². The van der Waals surface area contributed by atoms with Gasteiger partial charge in [-0.05, 0) is 53.9 Å². The lowest BCUT2D eigenvalue weighted by Crippen LogP contribution is -2.55. The van der Waals surface area contributed by atoms with Crippen LogP contribution in [0.3, 0.4) is 0 Å². The molecule has 2 atom stereocenters. The summed E-state index contributed by atoms with van der Waals surface area (Å²) in [6, 6.07) is 23.8. The molecule has 174 valence electrons. The maximum absolute atomic E-state index is 6.78. The molecule has 0 aliphatic carbocycles. The minimum Gasteiger partial charge on any atom is -0.369 e. The molecule has 1 saturated heterocycles. The van der Waals surface area contributed by atoms with Gasteiger partial charge in [0.25, 0.3) is 0 Å².